The number of rotatable bonds is 6. The molecule has 0 radical (unpaired) electrons. The predicted octanol–water partition coefficient (Wildman–Crippen LogP) is 1.31. The third-order valence-corrected chi connectivity index (χ3v) is 4.27. The standard InChI is InChI=1S/C19H17ClN2O4/c20-14-8-6-13(7-9-14)15-11-17(26-22-15)18(23)21-16(19(24)25)10-12-4-2-1-3-5-12/h1-9,16-17H,10-11H2,(H,21,23)(H,24,25)/p-1/t16-,17-/m0/s1. The number of nitrogens with one attached hydrogen (secondary N) is 1. The first-order valence-corrected chi connectivity index (χ1v) is 8.44. The van der Waals surface area contributed by atoms with E-state index in [-0.39, 0.29) is 12.8 Å². The van der Waals surface area contributed by atoms with Gasteiger partial charge < -0.3 is 20.1 Å². The SMILES string of the molecule is O=C([O-])[C@H](Cc1ccccc1)NC(=O)[C@@H]1CC(c2ccc(Cl)cc2)=NO1. The Morgan fingerprint density at radius 1 is 1.19 bits per heavy atom. The lowest BCUT2D eigenvalue weighted by Crippen LogP contribution is -2.51. The highest BCUT2D eigenvalue weighted by Crippen LogP contribution is 2.19. The molecule has 134 valence electrons. The van der Waals surface area contributed by atoms with Crippen molar-refractivity contribution in [2.75, 3.05) is 0 Å². The molecule has 1 N–H and O–H groups in total. The van der Waals surface area contributed by atoms with E-state index in [1.807, 2.05) is 6.07 Å². The van der Waals surface area contributed by atoms with E-state index in [0.717, 1.165) is 11.1 Å². The van der Waals surface area contributed by atoms with Crippen LogP contribution in [-0.4, -0.2) is 29.7 Å². The molecule has 3 rings (SSSR count). The topological polar surface area (TPSA) is 90.8 Å². The third kappa shape index (κ3) is 4.40. The van der Waals surface area contributed by atoms with Crippen molar-refractivity contribution in [1.82, 2.24) is 5.32 Å². The molecule has 0 saturated carbocycles. The summed E-state index contributed by atoms with van der Waals surface area (Å²) in [6.45, 7) is 0. The number of carboxylic acids is 1. The molecule has 0 unspecified atom stereocenters. The van der Waals surface area contributed by atoms with Crippen molar-refractivity contribution in [3.8, 4) is 0 Å². The van der Waals surface area contributed by atoms with Gasteiger partial charge in [-0.2, -0.15) is 0 Å². The van der Waals surface area contributed by atoms with Gasteiger partial charge in [0.1, 0.15) is 0 Å². The van der Waals surface area contributed by atoms with Crippen LogP contribution in [0.2, 0.25) is 5.02 Å². The lowest BCUT2D eigenvalue weighted by atomic mass is 10.0. The van der Waals surface area contributed by atoms with Crippen LogP contribution in [0.5, 0.6) is 0 Å². The summed E-state index contributed by atoms with van der Waals surface area (Å²) in [5.74, 6) is -1.89. The molecular weight excluding hydrogens is 356 g/mol. The van der Waals surface area contributed by atoms with Crippen molar-refractivity contribution in [3.63, 3.8) is 0 Å². The molecule has 0 spiro atoms. The molecule has 1 amide bonds. The Balaban J connectivity index is 1.60. The second-order valence-electron chi connectivity index (χ2n) is 5.91. The largest absolute Gasteiger partial charge is 0.548 e. The van der Waals surface area contributed by atoms with Crippen LogP contribution >= 0.6 is 11.6 Å². The number of carbonyl (C=O) groups is 2. The van der Waals surface area contributed by atoms with E-state index in [1.165, 1.54) is 0 Å². The number of benzene rings is 2. The summed E-state index contributed by atoms with van der Waals surface area (Å²) in [5, 5.41) is 18.4. The van der Waals surface area contributed by atoms with Gasteiger partial charge in [-0.05, 0) is 29.7 Å². The van der Waals surface area contributed by atoms with Crippen molar-refractivity contribution in [1.29, 1.82) is 0 Å². The van der Waals surface area contributed by atoms with Crippen LogP contribution in [-0.2, 0) is 20.8 Å². The minimum atomic E-state index is -1.35. The second-order valence-corrected chi connectivity index (χ2v) is 6.35. The zero-order valence-electron chi connectivity index (χ0n) is 13.7. The van der Waals surface area contributed by atoms with Gasteiger partial charge in [-0.1, -0.05) is 59.2 Å². The predicted molar refractivity (Wildman–Crippen MR) is 94.6 cm³/mol. The van der Waals surface area contributed by atoms with E-state index < -0.39 is 24.0 Å². The summed E-state index contributed by atoms with van der Waals surface area (Å²) in [6, 6.07) is 14.9. The lowest BCUT2D eigenvalue weighted by Gasteiger charge is -2.21. The van der Waals surface area contributed by atoms with Gasteiger partial charge in [0.25, 0.3) is 5.91 Å². The Bertz CT molecular complexity index is 821. The number of hydrogen-bond acceptors (Lipinski definition) is 5. The molecule has 0 aliphatic carbocycles. The minimum absolute atomic E-state index is 0.131. The second kappa shape index (κ2) is 8.01. The molecule has 1 aliphatic rings. The maximum absolute atomic E-state index is 12.4. The number of amides is 1. The van der Waals surface area contributed by atoms with Gasteiger partial charge in [-0.15, -0.1) is 0 Å². The molecule has 0 fully saturated rings. The summed E-state index contributed by atoms with van der Waals surface area (Å²) < 4.78 is 0. The van der Waals surface area contributed by atoms with Gasteiger partial charge >= 0.3 is 0 Å². The third-order valence-electron chi connectivity index (χ3n) is 4.02. The fourth-order valence-electron chi connectivity index (χ4n) is 2.64. The van der Waals surface area contributed by atoms with Crippen molar-refractivity contribution >= 4 is 29.2 Å². The molecule has 2 aromatic carbocycles. The van der Waals surface area contributed by atoms with Crippen LogP contribution in [0.4, 0.5) is 0 Å². The Morgan fingerprint density at radius 3 is 2.54 bits per heavy atom. The molecule has 1 aliphatic heterocycles. The summed E-state index contributed by atoms with van der Waals surface area (Å²) in [6.07, 6.45) is -0.497. The number of oxime groups is 1. The van der Waals surface area contributed by atoms with Crippen LogP contribution in [0.3, 0.4) is 0 Å². The number of carboxylic acid groups (broad SMARTS) is 1. The number of aliphatic carboxylic acids is 1. The molecule has 2 atom stereocenters. The van der Waals surface area contributed by atoms with Gasteiger partial charge in [0, 0.05) is 11.4 Å². The van der Waals surface area contributed by atoms with Gasteiger partial charge in [-0.3, -0.25) is 4.79 Å². The van der Waals surface area contributed by atoms with Gasteiger partial charge in [0.15, 0.2) is 0 Å². The van der Waals surface area contributed by atoms with Crippen LogP contribution in [0.15, 0.2) is 59.8 Å². The molecule has 0 bridgehead atoms. The first-order chi connectivity index (χ1) is 12.5. The zero-order valence-corrected chi connectivity index (χ0v) is 14.5. The molecule has 1 heterocycles. The van der Waals surface area contributed by atoms with E-state index in [0.29, 0.717) is 10.7 Å². The van der Waals surface area contributed by atoms with Crippen molar-refractivity contribution in [3.05, 3.63) is 70.7 Å². The molecule has 0 saturated heterocycles. The lowest BCUT2D eigenvalue weighted by molar-refractivity contribution is -0.308. The van der Waals surface area contributed by atoms with E-state index >= 15 is 0 Å². The van der Waals surface area contributed by atoms with Gasteiger partial charge in [-0.25, -0.2) is 0 Å². The highest BCUT2D eigenvalue weighted by atomic mass is 35.5. The molecule has 6 nitrogen and oxygen atoms in total. The van der Waals surface area contributed by atoms with E-state index in [1.54, 1.807) is 48.5 Å². The summed E-state index contributed by atoms with van der Waals surface area (Å²) in [4.78, 5) is 28.9. The fraction of sp³-hybridized carbons (Fsp3) is 0.211. The van der Waals surface area contributed by atoms with Crippen LogP contribution in [0.1, 0.15) is 17.5 Å². The molecule has 7 heteroatoms. The number of nitrogens with zero attached hydrogens (tertiary/aromatic N) is 1. The number of hydrogen-bond donors (Lipinski definition) is 1. The summed E-state index contributed by atoms with van der Waals surface area (Å²) in [5.41, 5.74) is 2.19. The van der Waals surface area contributed by atoms with Crippen molar-refractivity contribution in [2.24, 2.45) is 5.16 Å². The average molecular weight is 372 g/mol. The van der Waals surface area contributed by atoms with Crippen LogP contribution in [0.25, 0.3) is 0 Å². The Morgan fingerprint density at radius 2 is 1.88 bits per heavy atom. The normalized spacial score (nSPS) is 17.1. The number of halogens is 1. The molecular formula is C19H16ClN2O4-. The van der Waals surface area contributed by atoms with Crippen molar-refractivity contribution < 1.29 is 19.5 Å². The summed E-state index contributed by atoms with van der Waals surface area (Å²) in [7, 11) is 0. The fourth-order valence-corrected chi connectivity index (χ4v) is 2.76. The first kappa shape index (κ1) is 17.9. The van der Waals surface area contributed by atoms with E-state index in [2.05, 4.69) is 10.5 Å². The number of carbonyl (C=O) groups excluding carboxylic acids is 2. The Labute approximate surface area is 155 Å². The quantitative estimate of drug-likeness (QED) is 0.828. The highest BCUT2D eigenvalue weighted by Gasteiger charge is 2.30. The van der Waals surface area contributed by atoms with Crippen LogP contribution in [0, 0.1) is 0 Å². The molecule has 26 heavy (non-hydrogen) atoms. The average Bonchev–Trinajstić information content (AvgIpc) is 3.13. The monoisotopic (exact) mass is 371 g/mol. The Hall–Kier alpha value is -2.86. The van der Waals surface area contributed by atoms with Gasteiger partial charge in [0.2, 0.25) is 6.10 Å². The molecule has 0 aromatic heterocycles. The first-order valence-electron chi connectivity index (χ1n) is 8.06. The van der Waals surface area contributed by atoms with E-state index in [4.69, 9.17) is 16.4 Å². The van der Waals surface area contributed by atoms with E-state index in [9.17, 15) is 14.7 Å². The maximum Gasteiger partial charge on any atom is 0.264 e. The zero-order chi connectivity index (χ0) is 18.5. The van der Waals surface area contributed by atoms with Gasteiger partial charge in [0.05, 0.1) is 17.7 Å². The summed E-state index contributed by atoms with van der Waals surface area (Å²) >= 11 is 5.85. The van der Waals surface area contributed by atoms with Crippen molar-refractivity contribution in [2.45, 2.75) is 25.0 Å². The Kier molecular flexibility index (Phi) is 5.53. The highest BCUT2D eigenvalue weighted by molar-refractivity contribution is 6.30. The smallest absolute Gasteiger partial charge is 0.264 e. The van der Waals surface area contributed by atoms with Crippen LogP contribution < -0.4 is 10.4 Å². The minimum Gasteiger partial charge on any atom is -0.548 e. The molecule has 2 aromatic rings. The maximum atomic E-state index is 12.4.